The van der Waals surface area contributed by atoms with Gasteiger partial charge in [0.1, 0.15) is 0 Å². The zero-order valence-corrected chi connectivity index (χ0v) is 9.87. The highest BCUT2D eigenvalue weighted by Gasteiger charge is 2.25. The molecule has 14 heavy (non-hydrogen) atoms. The smallest absolute Gasteiger partial charge is 0.0526 e. The second kappa shape index (κ2) is 5.72. The average molecular weight is 199 g/mol. The summed E-state index contributed by atoms with van der Waals surface area (Å²) in [4.78, 5) is 2.57. The van der Waals surface area contributed by atoms with Crippen LogP contribution in [0.3, 0.4) is 0 Å². The Morgan fingerprint density at radius 2 is 1.86 bits per heavy atom. The molecule has 0 spiro atoms. The first kappa shape index (κ1) is 12.0. The molecule has 1 N–H and O–H groups in total. The summed E-state index contributed by atoms with van der Waals surface area (Å²) in [5, 5.41) is 9.38. The van der Waals surface area contributed by atoms with Crippen LogP contribution in [0.4, 0.5) is 0 Å². The van der Waals surface area contributed by atoms with E-state index in [-0.39, 0.29) is 6.10 Å². The van der Waals surface area contributed by atoms with E-state index in [9.17, 15) is 5.11 Å². The van der Waals surface area contributed by atoms with E-state index in [2.05, 4.69) is 18.7 Å². The van der Waals surface area contributed by atoms with Gasteiger partial charge < -0.3 is 5.11 Å². The maximum absolute atomic E-state index is 9.38. The van der Waals surface area contributed by atoms with Gasteiger partial charge in [-0.3, -0.25) is 4.90 Å². The first-order valence-corrected chi connectivity index (χ1v) is 6.09. The van der Waals surface area contributed by atoms with Crippen molar-refractivity contribution < 1.29 is 5.11 Å². The van der Waals surface area contributed by atoms with Gasteiger partial charge in [0, 0.05) is 12.1 Å². The molecule has 0 heterocycles. The van der Waals surface area contributed by atoms with Crippen LogP contribution in [0, 0.1) is 0 Å². The minimum absolute atomic E-state index is 0.166. The summed E-state index contributed by atoms with van der Waals surface area (Å²) in [6.45, 7) is 7.49. The number of nitrogens with zero attached hydrogens (tertiary/aromatic N) is 1. The molecule has 0 aromatic heterocycles. The molecule has 0 amide bonds. The summed E-state index contributed by atoms with van der Waals surface area (Å²) >= 11 is 0. The van der Waals surface area contributed by atoms with Gasteiger partial charge in [-0.1, -0.05) is 19.8 Å². The predicted octanol–water partition coefficient (Wildman–Crippen LogP) is 2.41. The van der Waals surface area contributed by atoms with Crippen LogP contribution in [0.25, 0.3) is 0 Å². The van der Waals surface area contributed by atoms with Crippen molar-refractivity contribution in [2.24, 2.45) is 0 Å². The third-order valence-electron chi connectivity index (χ3n) is 3.41. The second-order valence-corrected chi connectivity index (χ2v) is 4.70. The third-order valence-corrected chi connectivity index (χ3v) is 3.41. The topological polar surface area (TPSA) is 23.5 Å². The minimum Gasteiger partial charge on any atom is -0.393 e. The number of aliphatic hydroxyl groups excluding tert-OH is 1. The summed E-state index contributed by atoms with van der Waals surface area (Å²) in [5.74, 6) is 0. The van der Waals surface area contributed by atoms with E-state index in [0.29, 0.717) is 6.04 Å². The zero-order chi connectivity index (χ0) is 10.6. The van der Waals surface area contributed by atoms with E-state index in [1.807, 2.05) is 6.92 Å². The number of hydrogen-bond acceptors (Lipinski definition) is 2. The van der Waals surface area contributed by atoms with Crippen LogP contribution in [0.1, 0.15) is 52.9 Å². The molecule has 1 fully saturated rings. The maximum Gasteiger partial charge on any atom is 0.0526 e. The lowest BCUT2D eigenvalue weighted by Crippen LogP contribution is -2.41. The fourth-order valence-electron chi connectivity index (χ4n) is 2.79. The predicted molar refractivity (Wildman–Crippen MR) is 60.4 cm³/mol. The van der Waals surface area contributed by atoms with Crippen LogP contribution >= 0.6 is 0 Å². The van der Waals surface area contributed by atoms with Gasteiger partial charge >= 0.3 is 0 Å². The number of aliphatic hydroxyl groups is 1. The molecule has 0 radical (unpaired) electrons. The molecule has 2 nitrogen and oxygen atoms in total. The molecule has 0 aliphatic heterocycles. The molecule has 0 bridgehead atoms. The fourth-order valence-corrected chi connectivity index (χ4v) is 2.79. The molecule has 1 rings (SSSR count). The molecular weight excluding hydrogens is 174 g/mol. The van der Waals surface area contributed by atoms with E-state index in [4.69, 9.17) is 0 Å². The fraction of sp³-hybridized carbons (Fsp3) is 1.00. The second-order valence-electron chi connectivity index (χ2n) is 4.70. The Labute approximate surface area is 88.3 Å². The Kier molecular flexibility index (Phi) is 4.90. The molecule has 1 saturated carbocycles. The van der Waals surface area contributed by atoms with Crippen LogP contribution < -0.4 is 0 Å². The lowest BCUT2D eigenvalue weighted by atomic mass is 10.1. The molecule has 0 saturated heterocycles. The van der Waals surface area contributed by atoms with E-state index in [0.717, 1.165) is 19.0 Å². The van der Waals surface area contributed by atoms with Crippen LogP contribution in [0.2, 0.25) is 0 Å². The monoisotopic (exact) mass is 199 g/mol. The van der Waals surface area contributed by atoms with Gasteiger partial charge in [0.05, 0.1) is 6.10 Å². The van der Waals surface area contributed by atoms with Crippen molar-refractivity contribution in [3.8, 4) is 0 Å². The van der Waals surface area contributed by atoms with E-state index in [1.54, 1.807) is 0 Å². The van der Waals surface area contributed by atoms with Gasteiger partial charge in [-0.25, -0.2) is 0 Å². The van der Waals surface area contributed by atoms with Crippen LogP contribution in [-0.4, -0.2) is 34.7 Å². The molecule has 0 aromatic rings. The largest absolute Gasteiger partial charge is 0.393 e. The van der Waals surface area contributed by atoms with Crippen molar-refractivity contribution in [2.75, 3.05) is 6.54 Å². The molecule has 2 heteroatoms. The van der Waals surface area contributed by atoms with Crippen molar-refractivity contribution in [3.05, 3.63) is 0 Å². The first-order valence-electron chi connectivity index (χ1n) is 6.09. The quantitative estimate of drug-likeness (QED) is 0.735. The van der Waals surface area contributed by atoms with Crippen LogP contribution in [0.5, 0.6) is 0 Å². The highest BCUT2D eigenvalue weighted by Crippen LogP contribution is 2.25. The zero-order valence-electron chi connectivity index (χ0n) is 9.87. The third kappa shape index (κ3) is 3.25. The lowest BCUT2D eigenvalue weighted by Gasteiger charge is -2.34. The first-order chi connectivity index (χ1) is 6.65. The standard InChI is InChI=1S/C12H25NO/c1-4-13(10(2)9-11(3)14)12-7-5-6-8-12/h10-12,14H,4-9H2,1-3H3. The summed E-state index contributed by atoms with van der Waals surface area (Å²) < 4.78 is 0. The Hall–Kier alpha value is -0.0800. The van der Waals surface area contributed by atoms with Crippen molar-refractivity contribution >= 4 is 0 Å². The molecular formula is C12H25NO. The Balaban J connectivity index is 2.42. The molecule has 2 atom stereocenters. The van der Waals surface area contributed by atoms with Crippen molar-refractivity contribution in [2.45, 2.75) is 71.1 Å². The lowest BCUT2D eigenvalue weighted by molar-refractivity contribution is 0.0954. The van der Waals surface area contributed by atoms with E-state index >= 15 is 0 Å². The highest BCUT2D eigenvalue weighted by molar-refractivity contribution is 4.81. The number of rotatable bonds is 5. The van der Waals surface area contributed by atoms with Crippen molar-refractivity contribution in [1.82, 2.24) is 4.90 Å². The van der Waals surface area contributed by atoms with Gasteiger partial charge in [-0.2, -0.15) is 0 Å². The molecule has 0 aromatic carbocycles. The van der Waals surface area contributed by atoms with Crippen molar-refractivity contribution in [3.63, 3.8) is 0 Å². The minimum atomic E-state index is -0.166. The summed E-state index contributed by atoms with van der Waals surface area (Å²) in [6.07, 6.45) is 6.24. The number of hydrogen-bond donors (Lipinski definition) is 1. The normalized spacial score (nSPS) is 22.9. The average Bonchev–Trinajstić information content (AvgIpc) is 2.57. The summed E-state index contributed by atoms with van der Waals surface area (Å²) in [7, 11) is 0. The highest BCUT2D eigenvalue weighted by atomic mass is 16.3. The van der Waals surface area contributed by atoms with Gasteiger partial charge in [0.25, 0.3) is 0 Å². The molecule has 1 aliphatic rings. The summed E-state index contributed by atoms with van der Waals surface area (Å²) in [6, 6.07) is 1.32. The van der Waals surface area contributed by atoms with Crippen molar-refractivity contribution in [1.29, 1.82) is 0 Å². The Morgan fingerprint density at radius 1 is 1.29 bits per heavy atom. The Morgan fingerprint density at radius 3 is 2.29 bits per heavy atom. The van der Waals surface area contributed by atoms with Gasteiger partial charge in [0.15, 0.2) is 0 Å². The SMILES string of the molecule is CCN(C(C)CC(C)O)C1CCCC1. The summed E-state index contributed by atoms with van der Waals surface area (Å²) in [5.41, 5.74) is 0. The van der Waals surface area contributed by atoms with Crippen LogP contribution in [0.15, 0.2) is 0 Å². The van der Waals surface area contributed by atoms with E-state index in [1.165, 1.54) is 25.7 Å². The molecule has 2 unspecified atom stereocenters. The van der Waals surface area contributed by atoms with Gasteiger partial charge in [0.2, 0.25) is 0 Å². The van der Waals surface area contributed by atoms with E-state index < -0.39 is 0 Å². The van der Waals surface area contributed by atoms with Gasteiger partial charge in [-0.15, -0.1) is 0 Å². The maximum atomic E-state index is 9.38. The molecule has 84 valence electrons. The van der Waals surface area contributed by atoms with Crippen LogP contribution in [-0.2, 0) is 0 Å². The Bertz CT molecular complexity index is 152. The molecule has 1 aliphatic carbocycles. The van der Waals surface area contributed by atoms with Gasteiger partial charge in [-0.05, 0) is 39.7 Å².